The molecule has 2 N–H and O–H groups in total. The Labute approximate surface area is 151 Å². The van der Waals surface area contributed by atoms with Gasteiger partial charge < -0.3 is 5.32 Å². The van der Waals surface area contributed by atoms with Crippen LogP contribution in [-0.2, 0) is 6.42 Å². The lowest BCUT2D eigenvalue weighted by atomic mass is 9.99. The summed E-state index contributed by atoms with van der Waals surface area (Å²) in [6.45, 7) is 1.98. The van der Waals surface area contributed by atoms with Gasteiger partial charge in [0.1, 0.15) is 0 Å². The van der Waals surface area contributed by atoms with Gasteiger partial charge in [-0.25, -0.2) is 0 Å². The van der Waals surface area contributed by atoms with E-state index in [1.807, 2.05) is 18.6 Å². The maximum atomic E-state index is 4.81. The number of aliphatic imine (C=N–C) groups is 1. The van der Waals surface area contributed by atoms with Crippen molar-refractivity contribution in [3.05, 3.63) is 66.1 Å². The molecule has 0 atom stereocenters. The van der Waals surface area contributed by atoms with Gasteiger partial charge in [-0.05, 0) is 35.7 Å². The summed E-state index contributed by atoms with van der Waals surface area (Å²) in [6.07, 6.45) is 9.86. The zero-order valence-electron chi connectivity index (χ0n) is 14.4. The van der Waals surface area contributed by atoms with Crippen LogP contribution in [0.1, 0.15) is 12.0 Å². The van der Waals surface area contributed by atoms with E-state index in [4.69, 9.17) is 4.99 Å². The Morgan fingerprint density at radius 1 is 0.962 bits per heavy atom. The molecule has 5 rings (SSSR count). The van der Waals surface area contributed by atoms with Gasteiger partial charge in [-0.15, -0.1) is 0 Å². The second-order valence-electron chi connectivity index (χ2n) is 6.68. The summed E-state index contributed by atoms with van der Waals surface area (Å²) in [4.78, 5) is 9.44. The zero-order valence-corrected chi connectivity index (χ0v) is 14.4. The molecule has 5 nitrogen and oxygen atoms in total. The van der Waals surface area contributed by atoms with Gasteiger partial charge >= 0.3 is 0 Å². The van der Waals surface area contributed by atoms with Crippen LogP contribution in [0, 0.1) is 0 Å². The fourth-order valence-corrected chi connectivity index (χ4v) is 3.57. The fourth-order valence-electron chi connectivity index (χ4n) is 3.57. The van der Waals surface area contributed by atoms with Crippen molar-refractivity contribution in [1.82, 2.24) is 20.5 Å². The van der Waals surface area contributed by atoms with Gasteiger partial charge in [-0.1, -0.05) is 30.3 Å². The predicted octanol–water partition coefficient (Wildman–Crippen LogP) is 3.69. The minimum absolute atomic E-state index is 0.907. The van der Waals surface area contributed by atoms with Crippen LogP contribution in [0.4, 0.5) is 5.69 Å². The second kappa shape index (κ2) is 6.35. The van der Waals surface area contributed by atoms with E-state index in [-0.39, 0.29) is 0 Å². The minimum atomic E-state index is 0.907. The van der Waals surface area contributed by atoms with Gasteiger partial charge in [0.2, 0.25) is 0 Å². The van der Waals surface area contributed by atoms with Crippen molar-refractivity contribution in [2.75, 3.05) is 13.1 Å². The molecule has 128 valence electrons. The minimum Gasteiger partial charge on any atom is -0.313 e. The van der Waals surface area contributed by atoms with Crippen LogP contribution < -0.4 is 5.32 Å². The first kappa shape index (κ1) is 15.2. The summed E-state index contributed by atoms with van der Waals surface area (Å²) in [7, 11) is 0. The van der Waals surface area contributed by atoms with Gasteiger partial charge in [-0.3, -0.25) is 15.1 Å². The molecule has 0 unspecified atom stereocenters. The van der Waals surface area contributed by atoms with E-state index in [9.17, 15) is 0 Å². The Morgan fingerprint density at radius 3 is 2.62 bits per heavy atom. The van der Waals surface area contributed by atoms with Crippen LogP contribution in [0.5, 0.6) is 0 Å². The lowest BCUT2D eigenvalue weighted by molar-refractivity contribution is 0.716. The average Bonchev–Trinajstić information content (AvgIpc) is 3.38. The van der Waals surface area contributed by atoms with Gasteiger partial charge in [0.15, 0.2) is 0 Å². The molecular formula is C21H19N5. The molecule has 3 aromatic rings. The zero-order chi connectivity index (χ0) is 17.3. The van der Waals surface area contributed by atoms with Crippen LogP contribution in [0.25, 0.3) is 22.4 Å². The Morgan fingerprint density at radius 2 is 1.85 bits per heavy atom. The Balaban J connectivity index is 1.40. The first-order valence-electron chi connectivity index (χ1n) is 8.93. The third-order valence-electron chi connectivity index (χ3n) is 5.03. The number of fused-ring (bicyclic) bond motifs is 1. The SMILES string of the molecule is C1=C(C2=Nc3cnc(-c4ccc(-c5cn[nH]c5)cc4)cc3C2)CCNC1. The highest BCUT2D eigenvalue weighted by Crippen LogP contribution is 2.32. The number of H-pyrrole nitrogens is 1. The third-order valence-corrected chi connectivity index (χ3v) is 5.03. The van der Waals surface area contributed by atoms with E-state index in [1.54, 1.807) is 0 Å². The Hall–Kier alpha value is -3.05. The number of aromatic amines is 1. The smallest absolute Gasteiger partial charge is 0.0852 e. The number of rotatable bonds is 3. The number of hydrogen-bond acceptors (Lipinski definition) is 4. The number of pyridine rings is 1. The number of nitrogens with zero attached hydrogens (tertiary/aromatic N) is 3. The monoisotopic (exact) mass is 341 g/mol. The van der Waals surface area contributed by atoms with Crippen molar-refractivity contribution in [2.24, 2.45) is 4.99 Å². The molecule has 2 aliphatic heterocycles. The summed E-state index contributed by atoms with van der Waals surface area (Å²) in [5.74, 6) is 0. The van der Waals surface area contributed by atoms with E-state index in [2.05, 4.69) is 56.9 Å². The molecule has 0 saturated heterocycles. The molecule has 0 saturated carbocycles. The second-order valence-corrected chi connectivity index (χ2v) is 6.68. The van der Waals surface area contributed by atoms with Gasteiger partial charge in [0.05, 0.1) is 23.8 Å². The first-order valence-corrected chi connectivity index (χ1v) is 8.93. The molecular weight excluding hydrogens is 322 g/mol. The highest BCUT2D eigenvalue weighted by atomic mass is 15.1. The van der Waals surface area contributed by atoms with Crippen LogP contribution in [0.3, 0.4) is 0 Å². The summed E-state index contributed by atoms with van der Waals surface area (Å²) in [5, 5.41) is 10.2. The summed E-state index contributed by atoms with van der Waals surface area (Å²) >= 11 is 0. The Kier molecular flexibility index (Phi) is 3.72. The van der Waals surface area contributed by atoms with Crippen LogP contribution in [0.2, 0.25) is 0 Å². The fraction of sp³-hybridized carbons (Fsp3) is 0.190. The van der Waals surface area contributed by atoms with Crippen LogP contribution >= 0.6 is 0 Å². The Bertz CT molecular complexity index is 997. The standard InChI is InChI=1S/C21H19N5/c1-3-15(4-2-14(1)18-11-24-25-12-18)19-9-17-10-20(26-21(17)13-23-19)16-5-7-22-8-6-16/h1-5,9,11-13,22H,6-8,10H2,(H,24,25). The van der Waals surface area contributed by atoms with E-state index >= 15 is 0 Å². The topological polar surface area (TPSA) is 66.0 Å². The summed E-state index contributed by atoms with van der Waals surface area (Å²) in [6, 6.07) is 10.6. The first-order chi connectivity index (χ1) is 12.9. The number of benzene rings is 1. The molecule has 1 aromatic carbocycles. The van der Waals surface area contributed by atoms with Crippen LogP contribution in [-0.4, -0.2) is 34.0 Å². The van der Waals surface area contributed by atoms with Crippen molar-refractivity contribution >= 4 is 11.4 Å². The largest absolute Gasteiger partial charge is 0.313 e. The van der Waals surface area contributed by atoms with Crippen molar-refractivity contribution in [2.45, 2.75) is 12.8 Å². The quantitative estimate of drug-likeness (QED) is 0.763. The lowest BCUT2D eigenvalue weighted by Crippen LogP contribution is -2.23. The summed E-state index contributed by atoms with van der Waals surface area (Å²) in [5.41, 5.74) is 9.22. The molecule has 26 heavy (non-hydrogen) atoms. The molecule has 4 heterocycles. The molecule has 0 fully saturated rings. The van der Waals surface area contributed by atoms with E-state index in [0.29, 0.717) is 0 Å². The molecule has 0 radical (unpaired) electrons. The predicted molar refractivity (Wildman–Crippen MR) is 104 cm³/mol. The van der Waals surface area contributed by atoms with Gasteiger partial charge in [-0.2, -0.15) is 5.10 Å². The lowest BCUT2D eigenvalue weighted by Gasteiger charge is -2.13. The van der Waals surface area contributed by atoms with Crippen LogP contribution in [0.15, 0.2) is 65.6 Å². The molecule has 5 heteroatoms. The van der Waals surface area contributed by atoms with Crippen molar-refractivity contribution in [3.8, 4) is 22.4 Å². The van der Waals surface area contributed by atoms with Crippen molar-refractivity contribution in [3.63, 3.8) is 0 Å². The van der Waals surface area contributed by atoms with E-state index in [1.165, 1.54) is 16.8 Å². The van der Waals surface area contributed by atoms with Gasteiger partial charge in [0.25, 0.3) is 0 Å². The molecule has 0 aliphatic carbocycles. The number of hydrogen-bond donors (Lipinski definition) is 2. The molecule has 0 amide bonds. The highest BCUT2D eigenvalue weighted by Gasteiger charge is 2.20. The average molecular weight is 341 g/mol. The number of nitrogens with one attached hydrogen (secondary N) is 2. The summed E-state index contributed by atoms with van der Waals surface area (Å²) < 4.78 is 0. The maximum Gasteiger partial charge on any atom is 0.0852 e. The van der Waals surface area contributed by atoms with Gasteiger partial charge in [0, 0.05) is 36.0 Å². The molecule has 0 bridgehead atoms. The molecule has 2 aromatic heterocycles. The normalized spacial score (nSPS) is 16.2. The highest BCUT2D eigenvalue weighted by molar-refractivity contribution is 6.06. The van der Waals surface area contributed by atoms with Crippen molar-refractivity contribution < 1.29 is 0 Å². The van der Waals surface area contributed by atoms with Crippen molar-refractivity contribution in [1.29, 1.82) is 0 Å². The maximum absolute atomic E-state index is 4.81. The third kappa shape index (κ3) is 2.76. The number of aromatic nitrogens is 3. The van der Waals surface area contributed by atoms with E-state index < -0.39 is 0 Å². The van der Waals surface area contributed by atoms with E-state index in [0.717, 1.165) is 54.0 Å². The molecule has 0 spiro atoms. The molecule has 2 aliphatic rings.